The molecule has 0 unspecified atom stereocenters. The van der Waals surface area contributed by atoms with E-state index in [0.717, 1.165) is 16.8 Å². The van der Waals surface area contributed by atoms with Gasteiger partial charge in [0.05, 0.1) is 17.9 Å². The monoisotopic (exact) mass is 449 g/mol. The maximum absolute atomic E-state index is 12.7. The Hall–Kier alpha value is -3.09. The van der Waals surface area contributed by atoms with Gasteiger partial charge in [0.15, 0.2) is 16.8 Å². The lowest BCUT2D eigenvalue weighted by Gasteiger charge is -2.11. The summed E-state index contributed by atoms with van der Waals surface area (Å²) in [5.74, 6) is 1.59. The number of hydrogen-bond acceptors (Lipinski definition) is 5. The molecule has 0 N–H and O–H groups in total. The number of methoxy groups -OCH3 is 1. The lowest BCUT2D eigenvalue weighted by atomic mass is 10.1. The molecule has 0 aliphatic carbocycles. The number of aromatic nitrogens is 3. The second-order valence-electron chi connectivity index (χ2n) is 6.90. The average Bonchev–Trinajstić information content (AvgIpc) is 3.22. The van der Waals surface area contributed by atoms with Crippen LogP contribution in [0.5, 0.6) is 5.75 Å². The summed E-state index contributed by atoms with van der Waals surface area (Å²) in [7, 11) is 1.60. The highest BCUT2D eigenvalue weighted by Gasteiger charge is 2.19. The van der Waals surface area contributed by atoms with Crippen molar-refractivity contribution < 1.29 is 9.53 Å². The lowest BCUT2D eigenvalue weighted by Crippen LogP contribution is -2.05. The molecule has 0 saturated carbocycles. The predicted octanol–water partition coefficient (Wildman–Crippen LogP) is 5.88. The van der Waals surface area contributed by atoms with Gasteiger partial charge in [0.1, 0.15) is 5.75 Å². The Morgan fingerprint density at radius 1 is 1.00 bits per heavy atom. The van der Waals surface area contributed by atoms with E-state index in [1.807, 2.05) is 60.0 Å². The Labute approximate surface area is 190 Å². The van der Waals surface area contributed by atoms with E-state index in [4.69, 9.17) is 16.3 Å². The summed E-state index contributed by atoms with van der Waals surface area (Å²) in [6, 6.07) is 22.7. The predicted molar refractivity (Wildman–Crippen MR) is 125 cm³/mol. The van der Waals surface area contributed by atoms with Crippen molar-refractivity contribution >= 4 is 29.1 Å². The normalized spacial score (nSPS) is 10.8. The van der Waals surface area contributed by atoms with Crippen LogP contribution in [0.3, 0.4) is 0 Å². The molecule has 1 heterocycles. The smallest absolute Gasteiger partial charge is 0.196 e. The number of Topliss-reactive ketones (excluding diaryl/α,β-unsaturated/α-hetero) is 1. The van der Waals surface area contributed by atoms with Crippen molar-refractivity contribution in [1.29, 1.82) is 0 Å². The first-order valence-electron chi connectivity index (χ1n) is 9.64. The number of halogens is 1. The molecule has 0 radical (unpaired) electrons. The number of carbonyl (C=O) groups excluding carboxylic acids is 1. The van der Waals surface area contributed by atoms with E-state index >= 15 is 0 Å². The van der Waals surface area contributed by atoms with Gasteiger partial charge in [-0.15, -0.1) is 10.2 Å². The minimum absolute atomic E-state index is 0.00500. The molecule has 0 amide bonds. The molecule has 31 heavy (non-hydrogen) atoms. The first-order chi connectivity index (χ1) is 15.1. The molecule has 0 bridgehead atoms. The van der Waals surface area contributed by atoms with Crippen LogP contribution >= 0.6 is 23.4 Å². The van der Waals surface area contributed by atoms with Crippen molar-refractivity contribution in [1.82, 2.24) is 14.8 Å². The zero-order valence-electron chi connectivity index (χ0n) is 17.1. The zero-order chi connectivity index (χ0) is 21.8. The van der Waals surface area contributed by atoms with Crippen LogP contribution in [0, 0.1) is 6.92 Å². The van der Waals surface area contributed by atoms with E-state index in [1.54, 1.807) is 31.4 Å². The molecule has 0 atom stereocenters. The molecule has 4 rings (SSSR count). The number of carbonyl (C=O) groups is 1. The summed E-state index contributed by atoms with van der Waals surface area (Å²) in [6.45, 7) is 2.04. The first-order valence-corrected chi connectivity index (χ1v) is 11.0. The molecular formula is C24H20ClN3O2S. The number of ketones is 1. The zero-order valence-corrected chi connectivity index (χ0v) is 18.7. The molecule has 0 spiro atoms. The van der Waals surface area contributed by atoms with Gasteiger partial charge in [0, 0.05) is 16.8 Å². The first kappa shape index (κ1) is 21.2. The fraction of sp³-hybridized carbons (Fsp3) is 0.125. The van der Waals surface area contributed by atoms with Crippen molar-refractivity contribution in [3.05, 3.63) is 88.9 Å². The van der Waals surface area contributed by atoms with Crippen LogP contribution < -0.4 is 4.74 Å². The van der Waals surface area contributed by atoms with Crippen LogP contribution in [0.1, 0.15) is 15.9 Å². The van der Waals surface area contributed by atoms with Gasteiger partial charge in [-0.3, -0.25) is 9.36 Å². The molecule has 5 nitrogen and oxygen atoms in total. The van der Waals surface area contributed by atoms with E-state index < -0.39 is 0 Å². The summed E-state index contributed by atoms with van der Waals surface area (Å²) < 4.78 is 7.09. The van der Waals surface area contributed by atoms with Crippen molar-refractivity contribution in [3.8, 4) is 22.8 Å². The topological polar surface area (TPSA) is 57.0 Å². The highest BCUT2D eigenvalue weighted by atomic mass is 35.5. The number of thioether (sulfide) groups is 1. The Morgan fingerprint density at radius 2 is 1.71 bits per heavy atom. The molecule has 3 aromatic carbocycles. The minimum Gasteiger partial charge on any atom is -0.497 e. The van der Waals surface area contributed by atoms with Gasteiger partial charge >= 0.3 is 0 Å². The van der Waals surface area contributed by atoms with Crippen molar-refractivity contribution in [3.63, 3.8) is 0 Å². The maximum atomic E-state index is 12.7. The Bertz CT molecular complexity index is 1200. The minimum atomic E-state index is 0.00500. The van der Waals surface area contributed by atoms with Crippen LogP contribution in [-0.2, 0) is 0 Å². The summed E-state index contributed by atoms with van der Waals surface area (Å²) in [5.41, 5.74) is 3.47. The van der Waals surface area contributed by atoms with E-state index in [2.05, 4.69) is 10.2 Å². The number of ether oxygens (including phenoxy) is 1. The average molecular weight is 450 g/mol. The van der Waals surface area contributed by atoms with Crippen LogP contribution in [0.15, 0.2) is 78.0 Å². The van der Waals surface area contributed by atoms with E-state index in [1.165, 1.54) is 11.8 Å². The van der Waals surface area contributed by atoms with Crippen LogP contribution in [0.2, 0.25) is 5.02 Å². The van der Waals surface area contributed by atoms with Gasteiger partial charge in [-0.1, -0.05) is 53.2 Å². The molecule has 0 aliphatic rings. The standard InChI is InChI=1S/C24H20ClN3O2S/c1-16-7-11-18(12-8-16)28-23(20-5-3-4-6-21(20)25)26-27-24(28)31-15-22(29)17-9-13-19(30-2)14-10-17/h3-14H,15H2,1-2H3. The van der Waals surface area contributed by atoms with Gasteiger partial charge in [0.2, 0.25) is 0 Å². The number of benzene rings is 3. The van der Waals surface area contributed by atoms with Crippen LogP contribution in [-0.4, -0.2) is 33.4 Å². The van der Waals surface area contributed by atoms with Crippen LogP contribution in [0.25, 0.3) is 17.1 Å². The SMILES string of the molecule is COc1ccc(C(=O)CSc2nnc(-c3ccccc3Cl)n2-c2ccc(C)cc2)cc1. The Balaban J connectivity index is 1.66. The van der Waals surface area contributed by atoms with Gasteiger partial charge in [-0.2, -0.15) is 0 Å². The highest BCUT2D eigenvalue weighted by molar-refractivity contribution is 7.99. The maximum Gasteiger partial charge on any atom is 0.196 e. The Morgan fingerprint density at radius 3 is 2.39 bits per heavy atom. The summed E-state index contributed by atoms with van der Waals surface area (Å²) in [6.07, 6.45) is 0. The largest absolute Gasteiger partial charge is 0.497 e. The van der Waals surface area contributed by atoms with Gasteiger partial charge in [0.25, 0.3) is 0 Å². The molecule has 4 aromatic rings. The van der Waals surface area contributed by atoms with Gasteiger partial charge in [-0.25, -0.2) is 0 Å². The van der Waals surface area contributed by atoms with Crippen molar-refractivity contribution in [2.75, 3.05) is 12.9 Å². The number of nitrogens with zero attached hydrogens (tertiary/aromatic N) is 3. The highest BCUT2D eigenvalue weighted by Crippen LogP contribution is 2.32. The Kier molecular flexibility index (Phi) is 6.39. The summed E-state index contributed by atoms with van der Waals surface area (Å²) in [4.78, 5) is 12.7. The second-order valence-corrected chi connectivity index (χ2v) is 8.25. The molecular weight excluding hydrogens is 430 g/mol. The van der Waals surface area contributed by atoms with E-state index in [9.17, 15) is 4.79 Å². The molecule has 0 aliphatic heterocycles. The quantitative estimate of drug-likeness (QED) is 0.260. The van der Waals surface area contributed by atoms with Crippen LogP contribution in [0.4, 0.5) is 0 Å². The second kappa shape index (κ2) is 9.37. The lowest BCUT2D eigenvalue weighted by molar-refractivity contribution is 0.102. The summed E-state index contributed by atoms with van der Waals surface area (Å²) >= 11 is 7.78. The number of rotatable bonds is 7. The summed E-state index contributed by atoms with van der Waals surface area (Å²) in [5, 5.41) is 9.99. The van der Waals surface area contributed by atoms with E-state index in [0.29, 0.717) is 27.3 Å². The van der Waals surface area contributed by atoms with Gasteiger partial charge in [-0.05, 0) is 55.5 Å². The third-order valence-electron chi connectivity index (χ3n) is 4.78. The fourth-order valence-electron chi connectivity index (χ4n) is 3.10. The third-order valence-corrected chi connectivity index (χ3v) is 6.04. The molecule has 0 saturated heterocycles. The van der Waals surface area contributed by atoms with Gasteiger partial charge < -0.3 is 4.74 Å². The molecule has 7 heteroatoms. The molecule has 156 valence electrons. The molecule has 0 fully saturated rings. The third kappa shape index (κ3) is 4.65. The number of aryl methyl sites for hydroxylation is 1. The fourth-order valence-corrected chi connectivity index (χ4v) is 4.16. The van der Waals surface area contributed by atoms with Crippen molar-refractivity contribution in [2.45, 2.75) is 12.1 Å². The molecule has 1 aromatic heterocycles. The van der Waals surface area contributed by atoms with E-state index in [-0.39, 0.29) is 11.5 Å². The van der Waals surface area contributed by atoms with Crippen molar-refractivity contribution in [2.24, 2.45) is 0 Å². The number of hydrogen-bond donors (Lipinski definition) is 0.